The van der Waals surface area contributed by atoms with Crippen molar-refractivity contribution in [1.82, 2.24) is 9.88 Å². The normalized spacial score (nSPS) is 33.6. The lowest BCUT2D eigenvalue weighted by Crippen LogP contribution is -2.49. The van der Waals surface area contributed by atoms with E-state index in [2.05, 4.69) is 4.98 Å². The van der Waals surface area contributed by atoms with Crippen LogP contribution in [0.3, 0.4) is 0 Å². The number of fused-ring (bicyclic) bond motifs is 9. The minimum atomic E-state index is -1.15. The van der Waals surface area contributed by atoms with Crippen LogP contribution in [0.15, 0.2) is 34.1 Å². The summed E-state index contributed by atoms with van der Waals surface area (Å²) in [6.07, 6.45) is 0.757. The third kappa shape index (κ3) is 3.05. The van der Waals surface area contributed by atoms with Gasteiger partial charge in [0.2, 0.25) is 11.8 Å². The number of rotatable bonds is 5. The number of nitrogens with one attached hydrogen (secondary N) is 1. The van der Waals surface area contributed by atoms with Crippen molar-refractivity contribution in [3.8, 4) is 5.75 Å². The summed E-state index contributed by atoms with van der Waals surface area (Å²) in [4.78, 5) is 56.5. The van der Waals surface area contributed by atoms with Crippen LogP contribution in [0.5, 0.6) is 5.75 Å². The Kier molecular flexibility index (Phi) is 5.20. The van der Waals surface area contributed by atoms with Crippen molar-refractivity contribution in [3.05, 3.63) is 44.4 Å². The number of amides is 2. The van der Waals surface area contributed by atoms with Gasteiger partial charge in [0.1, 0.15) is 11.8 Å². The number of aliphatic carboxylic acids is 1. The van der Waals surface area contributed by atoms with Crippen LogP contribution in [0.25, 0.3) is 0 Å². The van der Waals surface area contributed by atoms with Crippen molar-refractivity contribution < 1.29 is 24.2 Å². The molecule has 4 aliphatic rings. The highest BCUT2D eigenvalue weighted by Crippen LogP contribution is 2.69. The van der Waals surface area contributed by atoms with Gasteiger partial charge in [-0.15, -0.1) is 11.8 Å². The van der Waals surface area contributed by atoms with Crippen LogP contribution < -0.4 is 9.61 Å². The highest BCUT2D eigenvalue weighted by Gasteiger charge is 2.70. The molecule has 3 fully saturated rings. The van der Waals surface area contributed by atoms with Gasteiger partial charge in [0.25, 0.3) is 0 Å². The molecule has 2 aromatic rings. The predicted molar refractivity (Wildman–Crippen MR) is 130 cm³/mol. The third-order valence-corrected chi connectivity index (χ3v) is 11.0. The first kappa shape index (κ1) is 22.8. The number of carbonyl (C=O) groups excluding carboxylic acids is 2. The van der Waals surface area contributed by atoms with Crippen LogP contribution in [0, 0.1) is 35.5 Å². The smallest absolute Gasteiger partial charge is 0.327 e. The fourth-order valence-electron chi connectivity index (χ4n) is 7.28. The van der Waals surface area contributed by atoms with Crippen molar-refractivity contribution in [1.29, 1.82) is 0 Å². The molecule has 35 heavy (non-hydrogen) atoms. The van der Waals surface area contributed by atoms with Crippen LogP contribution in [-0.2, 0) is 14.4 Å². The molecule has 1 aromatic carbocycles. The van der Waals surface area contributed by atoms with Gasteiger partial charge in [0, 0.05) is 21.6 Å². The molecule has 0 spiro atoms. The summed E-state index contributed by atoms with van der Waals surface area (Å²) < 4.78 is 5.69. The van der Waals surface area contributed by atoms with E-state index in [4.69, 9.17) is 4.74 Å². The number of carboxylic acid groups (broad SMARTS) is 1. The average molecular weight is 515 g/mol. The van der Waals surface area contributed by atoms with Crippen LogP contribution in [0.2, 0.25) is 0 Å². The number of thioether (sulfide) groups is 1. The maximum absolute atomic E-state index is 13.7. The molecule has 2 aliphatic carbocycles. The number of hydrogen-bond donors (Lipinski definition) is 2. The zero-order chi connectivity index (χ0) is 24.8. The Hall–Kier alpha value is -2.59. The van der Waals surface area contributed by atoms with Crippen molar-refractivity contribution in [2.75, 3.05) is 7.11 Å². The van der Waals surface area contributed by atoms with E-state index in [-0.39, 0.29) is 51.5 Å². The van der Waals surface area contributed by atoms with Crippen molar-refractivity contribution in [2.24, 2.45) is 35.5 Å². The lowest BCUT2D eigenvalue weighted by Gasteiger charge is -2.43. The quantitative estimate of drug-likeness (QED) is 0.589. The summed E-state index contributed by atoms with van der Waals surface area (Å²) in [6, 6.07) is 6.62. The Balaban J connectivity index is 1.46. The number of benzene rings is 1. The summed E-state index contributed by atoms with van der Waals surface area (Å²) in [5.74, 6) is -2.69. The molecule has 2 bridgehead atoms. The fraction of sp³-hybridized carbons (Fsp3) is 0.520. The molecule has 3 heterocycles. The summed E-state index contributed by atoms with van der Waals surface area (Å²) in [5.41, 5.74) is 0.977. The molecule has 2 N–H and O–H groups in total. The third-order valence-electron chi connectivity index (χ3n) is 8.39. The van der Waals surface area contributed by atoms with Crippen LogP contribution >= 0.6 is 23.1 Å². The predicted octanol–water partition coefficient (Wildman–Crippen LogP) is 3.03. The standard InChI is InChI=1S/C25H26N2O6S2/c1-9(2)18(24(30)31)27-22(28)16-11-8-12(17(16)23(27)29)19-15(11)14(10-6-4-5-7-13(10)33-3)20-21(34-19)26-25(32)35-20/h4-7,9,11-12,14-19H,8H2,1-3H3,(H,26,32)(H,30,31)/t11-,12+,14+,15-,16+,17-,18+,19-/m1/s1. The molecule has 2 amide bonds. The largest absolute Gasteiger partial charge is 0.496 e. The Bertz CT molecular complexity index is 1300. The number of likely N-dealkylation sites (tertiary alicyclic amines) is 1. The molecule has 184 valence electrons. The van der Waals surface area contributed by atoms with Crippen molar-refractivity contribution in [2.45, 2.75) is 42.5 Å². The Morgan fingerprint density at radius 1 is 1.14 bits per heavy atom. The minimum Gasteiger partial charge on any atom is -0.496 e. The fourth-order valence-corrected chi connectivity index (χ4v) is 10.2. The number of aromatic amines is 1. The van der Waals surface area contributed by atoms with Crippen LogP contribution in [-0.4, -0.2) is 51.2 Å². The summed E-state index contributed by atoms with van der Waals surface area (Å²) in [7, 11) is 1.63. The van der Waals surface area contributed by atoms with E-state index in [0.717, 1.165) is 32.5 Å². The van der Waals surface area contributed by atoms with E-state index < -0.39 is 23.8 Å². The van der Waals surface area contributed by atoms with Gasteiger partial charge < -0.3 is 14.8 Å². The van der Waals surface area contributed by atoms with Gasteiger partial charge in [-0.05, 0) is 36.2 Å². The SMILES string of the molecule is COc1ccccc1[C@@H]1c2sc(=O)[nH]c2S[C@@H]2[C@H]3C[C@@H]([C@@H]4C(=O)N([C@H](C(=O)O)C(C)C)C(=O)[C@H]34)[C@H]12. The van der Waals surface area contributed by atoms with E-state index in [1.165, 1.54) is 11.3 Å². The summed E-state index contributed by atoms with van der Waals surface area (Å²) in [6.45, 7) is 3.45. The van der Waals surface area contributed by atoms with Crippen LogP contribution in [0.4, 0.5) is 0 Å². The van der Waals surface area contributed by atoms with Gasteiger partial charge in [-0.1, -0.05) is 43.4 Å². The lowest BCUT2D eigenvalue weighted by molar-refractivity contribution is -0.157. The lowest BCUT2D eigenvalue weighted by atomic mass is 9.68. The average Bonchev–Trinajstić information content (AvgIpc) is 3.54. The second-order valence-corrected chi connectivity index (χ2v) is 12.5. The minimum absolute atomic E-state index is 0.0422. The van der Waals surface area contributed by atoms with Gasteiger partial charge in [0.05, 0.1) is 24.0 Å². The van der Waals surface area contributed by atoms with Gasteiger partial charge in [-0.3, -0.25) is 19.3 Å². The zero-order valence-electron chi connectivity index (χ0n) is 19.5. The molecule has 10 heteroatoms. The number of H-pyrrole nitrogens is 1. The molecule has 0 radical (unpaired) electrons. The number of hydrogen-bond acceptors (Lipinski definition) is 7. The maximum Gasteiger partial charge on any atom is 0.327 e. The summed E-state index contributed by atoms with van der Waals surface area (Å²) in [5, 5.41) is 10.7. The topological polar surface area (TPSA) is 117 Å². The number of thiazole rings is 1. The van der Waals surface area contributed by atoms with Gasteiger partial charge in [-0.2, -0.15) is 0 Å². The maximum atomic E-state index is 13.7. The van der Waals surface area contributed by atoms with E-state index in [0.29, 0.717) is 0 Å². The number of carboxylic acids is 1. The Morgan fingerprint density at radius 3 is 2.49 bits per heavy atom. The van der Waals surface area contributed by atoms with E-state index >= 15 is 0 Å². The van der Waals surface area contributed by atoms with Gasteiger partial charge in [-0.25, -0.2) is 4.79 Å². The molecule has 2 saturated carbocycles. The van der Waals surface area contributed by atoms with E-state index in [9.17, 15) is 24.3 Å². The highest BCUT2D eigenvalue weighted by atomic mass is 32.2. The van der Waals surface area contributed by atoms with Gasteiger partial charge in [0.15, 0.2) is 0 Å². The van der Waals surface area contributed by atoms with Crippen molar-refractivity contribution in [3.63, 3.8) is 0 Å². The number of imide groups is 1. The number of aromatic nitrogens is 1. The number of methoxy groups -OCH3 is 1. The molecule has 6 rings (SSSR count). The number of para-hydroxylation sites is 1. The van der Waals surface area contributed by atoms with Crippen LogP contribution in [0.1, 0.15) is 36.6 Å². The zero-order valence-corrected chi connectivity index (χ0v) is 21.1. The highest BCUT2D eigenvalue weighted by molar-refractivity contribution is 8.00. The van der Waals surface area contributed by atoms with Crippen molar-refractivity contribution >= 4 is 40.9 Å². The first-order valence-corrected chi connectivity index (χ1v) is 13.6. The molecule has 0 unspecified atom stereocenters. The summed E-state index contributed by atoms with van der Waals surface area (Å²) >= 11 is 2.81. The molecule has 2 aliphatic heterocycles. The first-order chi connectivity index (χ1) is 16.7. The van der Waals surface area contributed by atoms with E-state index in [1.807, 2.05) is 24.3 Å². The number of ether oxygens (including phenoxy) is 1. The number of carbonyl (C=O) groups is 3. The monoisotopic (exact) mass is 514 g/mol. The molecule has 8 atom stereocenters. The number of nitrogens with zero attached hydrogens (tertiary/aromatic N) is 1. The second kappa shape index (κ2) is 7.96. The molecule has 8 nitrogen and oxygen atoms in total. The Morgan fingerprint density at radius 2 is 1.83 bits per heavy atom. The molecular weight excluding hydrogens is 488 g/mol. The molecule has 1 aromatic heterocycles. The van der Waals surface area contributed by atoms with E-state index in [1.54, 1.807) is 32.7 Å². The first-order valence-electron chi connectivity index (χ1n) is 11.9. The molecular formula is C25H26N2O6S2. The molecule has 1 saturated heterocycles. The van der Waals surface area contributed by atoms with Gasteiger partial charge >= 0.3 is 10.8 Å². The Labute approximate surface area is 210 Å². The second-order valence-electron chi connectivity index (χ2n) is 10.3.